The summed E-state index contributed by atoms with van der Waals surface area (Å²) in [4.78, 5) is 16.3. The summed E-state index contributed by atoms with van der Waals surface area (Å²) < 4.78 is 31.6. The van der Waals surface area contributed by atoms with Crippen molar-refractivity contribution in [2.24, 2.45) is 0 Å². The summed E-state index contributed by atoms with van der Waals surface area (Å²) in [6, 6.07) is 10.6. The molecule has 0 bridgehead atoms. The molecule has 0 amide bonds. The second-order valence-electron chi connectivity index (χ2n) is 6.37. The molecule has 3 rings (SSSR count). The van der Waals surface area contributed by atoms with Crippen molar-refractivity contribution in [3.63, 3.8) is 0 Å². The summed E-state index contributed by atoms with van der Waals surface area (Å²) in [5.74, 6) is 2.30. The molecule has 32 heavy (non-hydrogen) atoms. The van der Waals surface area contributed by atoms with Crippen LogP contribution >= 0.6 is 0 Å². The summed E-state index contributed by atoms with van der Waals surface area (Å²) in [5.41, 5.74) is 1.43. The first-order valence-electron chi connectivity index (χ1n) is 9.78. The van der Waals surface area contributed by atoms with Gasteiger partial charge in [-0.1, -0.05) is 11.2 Å². The molecule has 0 unspecified atom stereocenters. The van der Waals surface area contributed by atoms with Crippen LogP contribution in [0.2, 0.25) is 0 Å². The Hall–Kier alpha value is -4.01. The van der Waals surface area contributed by atoms with Crippen molar-refractivity contribution >= 4 is 12.0 Å². The predicted molar refractivity (Wildman–Crippen MR) is 116 cm³/mol. The average molecular weight is 440 g/mol. The topological polar surface area (TPSA) is 102 Å². The van der Waals surface area contributed by atoms with Crippen molar-refractivity contribution in [1.29, 1.82) is 0 Å². The molecule has 0 N–H and O–H groups in total. The Morgan fingerprint density at radius 3 is 2.41 bits per heavy atom. The third-order valence-electron chi connectivity index (χ3n) is 4.35. The quantitative estimate of drug-likeness (QED) is 0.343. The number of rotatable bonds is 10. The van der Waals surface area contributed by atoms with Crippen LogP contribution in [0.1, 0.15) is 18.4 Å². The fraction of sp³-hybridized carbons (Fsp3) is 0.261. The van der Waals surface area contributed by atoms with E-state index in [1.807, 2.05) is 13.0 Å². The Morgan fingerprint density at radius 1 is 0.969 bits per heavy atom. The highest BCUT2D eigenvalue weighted by molar-refractivity contribution is 5.87. The lowest BCUT2D eigenvalue weighted by atomic mass is 10.2. The van der Waals surface area contributed by atoms with Gasteiger partial charge >= 0.3 is 5.97 Å². The first kappa shape index (κ1) is 22.7. The molecule has 0 aliphatic carbocycles. The van der Waals surface area contributed by atoms with E-state index in [1.54, 1.807) is 57.7 Å². The van der Waals surface area contributed by atoms with Crippen LogP contribution in [0.5, 0.6) is 23.0 Å². The summed E-state index contributed by atoms with van der Waals surface area (Å²) in [7, 11) is 4.65. The fourth-order valence-electron chi connectivity index (χ4n) is 2.81. The van der Waals surface area contributed by atoms with Gasteiger partial charge in [0.05, 0.1) is 27.9 Å². The second-order valence-corrected chi connectivity index (χ2v) is 6.37. The summed E-state index contributed by atoms with van der Waals surface area (Å²) in [6.45, 7) is 2.26. The molecular formula is C23H24N2O7. The largest absolute Gasteiger partial charge is 0.493 e. The SMILES string of the molecule is CCOc1ccc(/C=C/C(=O)OCc2nc(-c3ccc(OC)c(OC)c3)no2)cc1OC. The van der Waals surface area contributed by atoms with Gasteiger partial charge in [-0.2, -0.15) is 4.98 Å². The maximum Gasteiger partial charge on any atom is 0.331 e. The van der Waals surface area contributed by atoms with Gasteiger partial charge in [0.2, 0.25) is 5.82 Å². The van der Waals surface area contributed by atoms with Crippen LogP contribution in [0.3, 0.4) is 0 Å². The molecule has 0 spiro atoms. The minimum atomic E-state index is -0.552. The normalized spacial score (nSPS) is 10.8. The monoisotopic (exact) mass is 440 g/mol. The van der Waals surface area contributed by atoms with E-state index in [4.69, 9.17) is 28.2 Å². The van der Waals surface area contributed by atoms with Gasteiger partial charge in [0.15, 0.2) is 29.6 Å². The lowest BCUT2D eigenvalue weighted by Crippen LogP contribution is -2.01. The first-order chi connectivity index (χ1) is 15.6. The molecule has 0 aliphatic rings. The van der Waals surface area contributed by atoms with Crippen LogP contribution < -0.4 is 18.9 Å². The van der Waals surface area contributed by atoms with Gasteiger partial charge in [-0.3, -0.25) is 0 Å². The molecule has 9 heteroatoms. The maximum absolute atomic E-state index is 12.1. The summed E-state index contributed by atoms with van der Waals surface area (Å²) in [6.07, 6.45) is 2.92. The standard InChI is InChI=1S/C23H24N2O7/c1-5-30-18-9-6-15(12-19(18)28-3)7-11-22(26)31-14-21-24-23(25-32-21)16-8-10-17(27-2)20(13-16)29-4/h6-13H,5,14H2,1-4H3/b11-7+. The molecular weight excluding hydrogens is 416 g/mol. The zero-order valence-corrected chi connectivity index (χ0v) is 18.3. The Kier molecular flexibility index (Phi) is 7.69. The minimum Gasteiger partial charge on any atom is -0.493 e. The third kappa shape index (κ3) is 5.57. The molecule has 3 aromatic rings. The molecule has 0 fully saturated rings. The minimum absolute atomic E-state index is 0.157. The zero-order valence-electron chi connectivity index (χ0n) is 18.3. The predicted octanol–water partition coefficient (Wildman–Crippen LogP) is 3.92. The number of benzene rings is 2. The number of carbonyl (C=O) groups excluding carboxylic acids is 1. The van der Waals surface area contributed by atoms with Crippen molar-refractivity contribution in [1.82, 2.24) is 10.1 Å². The number of nitrogens with zero attached hydrogens (tertiary/aromatic N) is 2. The van der Waals surface area contributed by atoms with Crippen LogP contribution in [0.25, 0.3) is 17.5 Å². The number of carbonyl (C=O) groups is 1. The second kappa shape index (κ2) is 10.9. The van der Waals surface area contributed by atoms with Crippen molar-refractivity contribution in [3.05, 3.63) is 53.9 Å². The highest BCUT2D eigenvalue weighted by Gasteiger charge is 2.13. The van der Waals surface area contributed by atoms with Gasteiger partial charge in [-0.15, -0.1) is 0 Å². The number of hydrogen-bond acceptors (Lipinski definition) is 9. The Morgan fingerprint density at radius 2 is 1.69 bits per heavy atom. The molecule has 0 saturated carbocycles. The molecule has 0 aliphatic heterocycles. The van der Waals surface area contributed by atoms with Gasteiger partial charge < -0.3 is 28.2 Å². The fourth-order valence-corrected chi connectivity index (χ4v) is 2.81. The van der Waals surface area contributed by atoms with E-state index in [-0.39, 0.29) is 12.5 Å². The van der Waals surface area contributed by atoms with E-state index in [0.29, 0.717) is 41.0 Å². The molecule has 0 saturated heterocycles. The smallest absolute Gasteiger partial charge is 0.331 e. The van der Waals surface area contributed by atoms with E-state index < -0.39 is 5.97 Å². The van der Waals surface area contributed by atoms with Crippen molar-refractivity contribution in [3.8, 4) is 34.4 Å². The van der Waals surface area contributed by atoms with Gasteiger partial charge in [-0.05, 0) is 48.9 Å². The summed E-state index contributed by atoms with van der Waals surface area (Å²) >= 11 is 0. The van der Waals surface area contributed by atoms with Crippen molar-refractivity contribution < 1.29 is 33.0 Å². The van der Waals surface area contributed by atoms with Crippen LogP contribution in [-0.4, -0.2) is 44.0 Å². The Balaban J connectivity index is 1.60. The number of aromatic nitrogens is 2. The Labute approximate surface area is 185 Å². The zero-order chi connectivity index (χ0) is 22.9. The van der Waals surface area contributed by atoms with Crippen LogP contribution in [0.4, 0.5) is 0 Å². The molecule has 1 aromatic heterocycles. The molecule has 2 aromatic carbocycles. The average Bonchev–Trinajstić information content (AvgIpc) is 3.30. The van der Waals surface area contributed by atoms with Gasteiger partial charge in [0, 0.05) is 11.6 Å². The van der Waals surface area contributed by atoms with Crippen LogP contribution in [0, 0.1) is 0 Å². The van der Waals surface area contributed by atoms with E-state index in [0.717, 1.165) is 5.56 Å². The van der Waals surface area contributed by atoms with E-state index >= 15 is 0 Å². The molecule has 168 valence electrons. The maximum atomic E-state index is 12.1. The molecule has 0 radical (unpaired) electrons. The van der Waals surface area contributed by atoms with E-state index in [9.17, 15) is 4.79 Å². The molecule has 9 nitrogen and oxygen atoms in total. The highest BCUT2D eigenvalue weighted by atomic mass is 16.6. The third-order valence-corrected chi connectivity index (χ3v) is 4.35. The van der Waals surface area contributed by atoms with E-state index in [2.05, 4.69) is 10.1 Å². The molecule has 0 atom stereocenters. The lowest BCUT2D eigenvalue weighted by Gasteiger charge is -2.09. The number of hydrogen-bond donors (Lipinski definition) is 0. The van der Waals surface area contributed by atoms with Gasteiger partial charge in [0.1, 0.15) is 0 Å². The lowest BCUT2D eigenvalue weighted by molar-refractivity contribution is -0.139. The van der Waals surface area contributed by atoms with Crippen LogP contribution in [-0.2, 0) is 16.1 Å². The first-order valence-corrected chi connectivity index (χ1v) is 9.78. The van der Waals surface area contributed by atoms with Crippen LogP contribution in [0.15, 0.2) is 47.0 Å². The number of esters is 1. The van der Waals surface area contributed by atoms with E-state index in [1.165, 1.54) is 6.08 Å². The molecule has 1 heterocycles. The van der Waals surface area contributed by atoms with Crippen molar-refractivity contribution in [2.75, 3.05) is 27.9 Å². The number of methoxy groups -OCH3 is 3. The van der Waals surface area contributed by atoms with Crippen molar-refractivity contribution in [2.45, 2.75) is 13.5 Å². The Bertz CT molecular complexity index is 1090. The van der Waals surface area contributed by atoms with Gasteiger partial charge in [-0.25, -0.2) is 4.79 Å². The summed E-state index contributed by atoms with van der Waals surface area (Å²) in [5, 5.41) is 3.91. The number of ether oxygens (including phenoxy) is 5. The highest BCUT2D eigenvalue weighted by Crippen LogP contribution is 2.31. The van der Waals surface area contributed by atoms with Gasteiger partial charge in [0.25, 0.3) is 5.89 Å².